The lowest BCUT2D eigenvalue weighted by atomic mass is 10.3. The Morgan fingerprint density at radius 2 is 1.65 bits per heavy atom. The van der Waals surface area contributed by atoms with Crippen LogP contribution in [0.4, 0.5) is 20.7 Å². The summed E-state index contributed by atoms with van der Waals surface area (Å²) in [5.74, 6) is -2.00. The molecule has 1 aromatic heterocycles. The van der Waals surface area contributed by atoms with Crippen LogP contribution < -0.4 is 15.1 Å². The summed E-state index contributed by atoms with van der Waals surface area (Å²) in [4.78, 5) is 15.8. The molecule has 6 nitrogen and oxygen atoms in total. The molecular formula is C11H15ClF2N6. The molecule has 0 amide bonds. The highest BCUT2D eigenvalue weighted by Gasteiger charge is 2.39. The van der Waals surface area contributed by atoms with E-state index in [2.05, 4.69) is 20.3 Å². The zero-order valence-electron chi connectivity index (χ0n) is 10.8. The molecule has 0 atom stereocenters. The zero-order chi connectivity index (χ0) is 14.2. The molecule has 2 aliphatic rings. The molecule has 3 rings (SSSR count). The van der Waals surface area contributed by atoms with Gasteiger partial charge >= 0.3 is 0 Å². The summed E-state index contributed by atoms with van der Waals surface area (Å²) in [5.41, 5.74) is 0. The topological polar surface area (TPSA) is 57.2 Å². The van der Waals surface area contributed by atoms with E-state index in [0.717, 1.165) is 26.2 Å². The molecule has 1 aromatic rings. The quantitative estimate of drug-likeness (QED) is 0.871. The van der Waals surface area contributed by atoms with E-state index < -0.39 is 5.92 Å². The standard InChI is InChI=1S/C11H15ClF2N6/c12-8-16-9(19-5-2-15-3-6-19)18-10(17-8)20-4-1-11(13,14)7-20/h15H,1-7H2. The van der Waals surface area contributed by atoms with Gasteiger partial charge in [0, 0.05) is 39.1 Å². The van der Waals surface area contributed by atoms with Crippen LogP contribution in [0.5, 0.6) is 0 Å². The molecule has 0 spiro atoms. The van der Waals surface area contributed by atoms with E-state index in [1.165, 1.54) is 4.90 Å². The fraction of sp³-hybridized carbons (Fsp3) is 0.727. The molecule has 20 heavy (non-hydrogen) atoms. The molecule has 2 aliphatic heterocycles. The van der Waals surface area contributed by atoms with Gasteiger partial charge in [0.1, 0.15) is 0 Å². The summed E-state index contributed by atoms with van der Waals surface area (Å²) >= 11 is 5.90. The highest BCUT2D eigenvalue weighted by atomic mass is 35.5. The third kappa shape index (κ3) is 2.90. The van der Waals surface area contributed by atoms with Crippen molar-refractivity contribution in [1.29, 1.82) is 0 Å². The van der Waals surface area contributed by atoms with Crippen molar-refractivity contribution in [2.24, 2.45) is 0 Å². The first kappa shape index (κ1) is 13.7. The van der Waals surface area contributed by atoms with Crippen molar-refractivity contribution in [1.82, 2.24) is 20.3 Å². The Hall–Kier alpha value is -1.28. The Morgan fingerprint density at radius 3 is 2.25 bits per heavy atom. The summed E-state index contributed by atoms with van der Waals surface area (Å²) < 4.78 is 26.5. The summed E-state index contributed by atoms with van der Waals surface area (Å²) in [6, 6.07) is 0. The van der Waals surface area contributed by atoms with Gasteiger partial charge in [0.2, 0.25) is 17.2 Å². The second-order valence-corrected chi connectivity index (χ2v) is 5.31. The Balaban J connectivity index is 1.83. The number of piperazine rings is 1. The Kier molecular flexibility index (Phi) is 3.59. The van der Waals surface area contributed by atoms with E-state index in [-0.39, 0.29) is 30.7 Å². The number of rotatable bonds is 2. The van der Waals surface area contributed by atoms with Gasteiger partial charge in [-0.25, -0.2) is 8.78 Å². The molecule has 0 radical (unpaired) electrons. The third-order valence-electron chi connectivity index (χ3n) is 3.44. The molecule has 9 heteroatoms. The molecule has 0 unspecified atom stereocenters. The molecule has 0 bridgehead atoms. The lowest BCUT2D eigenvalue weighted by molar-refractivity contribution is 0.0256. The number of halogens is 3. The lowest BCUT2D eigenvalue weighted by Crippen LogP contribution is -2.44. The highest BCUT2D eigenvalue weighted by molar-refractivity contribution is 6.28. The van der Waals surface area contributed by atoms with Crippen LogP contribution in [0.15, 0.2) is 0 Å². The smallest absolute Gasteiger partial charge is 0.267 e. The Bertz CT molecular complexity index is 494. The van der Waals surface area contributed by atoms with Crippen LogP contribution in [0.1, 0.15) is 6.42 Å². The second kappa shape index (κ2) is 5.25. The van der Waals surface area contributed by atoms with Crippen LogP contribution in [-0.4, -0.2) is 60.1 Å². The maximum absolute atomic E-state index is 13.3. The number of nitrogens with zero attached hydrogens (tertiary/aromatic N) is 5. The van der Waals surface area contributed by atoms with E-state index in [1.54, 1.807) is 0 Å². The molecule has 0 aliphatic carbocycles. The normalized spacial score (nSPS) is 22.4. The van der Waals surface area contributed by atoms with Crippen molar-refractivity contribution in [3.63, 3.8) is 0 Å². The van der Waals surface area contributed by atoms with Gasteiger partial charge in [-0.1, -0.05) is 0 Å². The van der Waals surface area contributed by atoms with Crippen LogP contribution in [0.25, 0.3) is 0 Å². The first-order valence-corrected chi connectivity index (χ1v) is 6.91. The minimum Gasteiger partial charge on any atom is -0.338 e. The van der Waals surface area contributed by atoms with E-state index in [9.17, 15) is 8.78 Å². The van der Waals surface area contributed by atoms with Crippen LogP contribution >= 0.6 is 11.6 Å². The van der Waals surface area contributed by atoms with Crippen molar-refractivity contribution in [2.75, 3.05) is 49.1 Å². The van der Waals surface area contributed by atoms with Gasteiger partial charge in [0.05, 0.1) is 6.54 Å². The van der Waals surface area contributed by atoms with Gasteiger partial charge in [0.15, 0.2) is 0 Å². The average molecular weight is 305 g/mol. The number of hydrogen-bond acceptors (Lipinski definition) is 6. The number of hydrogen-bond donors (Lipinski definition) is 1. The van der Waals surface area contributed by atoms with Gasteiger partial charge in [0.25, 0.3) is 5.92 Å². The van der Waals surface area contributed by atoms with Crippen LogP contribution in [0.3, 0.4) is 0 Å². The third-order valence-corrected chi connectivity index (χ3v) is 3.61. The zero-order valence-corrected chi connectivity index (χ0v) is 11.6. The molecule has 1 N–H and O–H groups in total. The van der Waals surface area contributed by atoms with Crippen molar-refractivity contribution in [3.05, 3.63) is 5.28 Å². The predicted molar refractivity (Wildman–Crippen MR) is 71.7 cm³/mol. The molecule has 2 saturated heterocycles. The van der Waals surface area contributed by atoms with Gasteiger partial charge in [-0.2, -0.15) is 15.0 Å². The summed E-state index contributed by atoms with van der Waals surface area (Å²) in [5, 5.41) is 3.26. The number of aromatic nitrogens is 3. The monoisotopic (exact) mass is 304 g/mol. The SMILES string of the molecule is FC1(F)CCN(c2nc(Cl)nc(N3CCNCC3)n2)C1. The van der Waals surface area contributed by atoms with Crippen LogP contribution in [0.2, 0.25) is 5.28 Å². The minimum absolute atomic E-state index is 0.0405. The second-order valence-electron chi connectivity index (χ2n) is 4.97. The molecule has 2 fully saturated rings. The highest BCUT2D eigenvalue weighted by Crippen LogP contribution is 2.30. The molecule has 3 heterocycles. The summed E-state index contributed by atoms with van der Waals surface area (Å²) in [6.45, 7) is 3.05. The summed E-state index contributed by atoms with van der Waals surface area (Å²) in [6.07, 6.45) is -0.181. The number of alkyl halides is 2. The van der Waals surface area contributed by atoms with E-state index >= 15 is 0 Å². The minimum atomic E-state index is -2.69. The summed E-state index contributed by atoms with van der Waals surface area (Å²) in [7, 11) is 0. The first-order chi connectivity index (χ1) is 9.53. The van der Waals surface area contributed by atoms with Crippen molar-refractivity contribution >= 4 is 23.5 Å². The van der Waals surface area contributed by atoms with E-state index in [1.807, 2.05) is 4.90 Å². The molecule has 110 valence electrons. The largest absolute Gasteiger partial charge is 0.338 e. The van der Waals surface area contributed by atoms with E-state index in [0.29, 0.717) is 5.95 Å². The number of nitrogens with one attached hydrogen (secondary N) is 1. The van der Waals surface area contributed by atoms with Crippen molar-refractivity contribution < 1.29 is 8.78 Å². The van der Waals surface area contributed by atoms with Crippen molar-refractivity contribution in [2.45, 2.75) is 12.3 Å². The maximum Gasteiger partial charge on any atom is 0.267 e. The average Bonchev–Trinajstić information content (AvgIpc) is 2.79. The maximum atomic E-state index is 13.3. The Morgan fingerprint density at radius 1 is 1.00 bits per heavy atom. The van der Waals surface area contributed by atoms with Gasteiger partial charge < -0.3 is 15.1 Å². The molecular weight excluding hydrogens is 290 g/mol. The van der Waals surface area contributed by atoms with E-state index in [4.69, 9.17) is 11.6 Å². The van der Waals surface area contributed by atoms with Crippen LogP contribution in [0, 0.1) is 0 Å². The van der Waals surface area contributed by atoms with Gasteiger partial charge in [-0.15, -0.1) is 0 Å². The van der Waals surface area contributed by atoms with Gasteiger partial charge in [-0.3, -0.25) is 0 Å². The Labute approximate surface area is 120 Å². The number of anilines is 2. The molecule has 0 aromatic carbocycles. The predicted octanol–water partition coefficient (Wildman–Crippen LogP) is 0.780. The molecule has 0 saturated carbocycles. The first-order valence-electron chi connectivity index (χ1n) is 6.53. The fourth-order valence-electron chi connectivity index (χ4n) is 2.38. The lowest BCUT2D eigenvalue weighted by Gasteiger charge is -2.28. The van der Waals surface area contributed by atoms with Crippen molar-refractivity contribution in [3.8, 4) is 0 Å². The van der Waals surface area contributed by atoms with Gasteiger partial charge in [-0.05, 0) is 11.6 Å². The van der Waals surface area contributed by atoms with Crippen LogP contribution in [-0.2, 0) is 0 Å². The fourth-order valence-corrected chi connectivity index (χ4v) is 2.53.